The Kier molecular flexibility index (Phi) is 7.79. The highest BCUT2D eigenvalue weighted by molar-refractivity contribution is 6.04. The van der Waals surface area contributed by atoms with Gasteiger partial charge in [-0.05, 0) is 5.56 Å². The molecular formula is C11H16O4Si. The fourth-order valence-corrected chi connectivity index (χ4v) is 0.759. The van der Waals surface area contributed by atoms with Crippen LogP contribution in [0.25, 0.3) is 0 Å². The molecule has 0 heterocycles. The lowest BCUT2D eigenvalue weighted by atomic mass is 10.2. The standard InChI is InChI=1S/C9H10O2.C2H6O2Si/c1-8(10)11-7-9-5-3-2-4-6-9;1-2(3)4-5/h2-6H,7H2,1H3;1,5H3. The van der Waals surface area contributed by atoms with Crippen LogP contribution in [0.4, 0.5) is 0 Å². The molecule has 0 aliphatic heterocycles. The molecule has 0 fully saturated rings. The Morgan fingerprint density at radius 1 is 1.12 bits per heavy atom. The number of rotatable bonds is 2. The van der Waals surface area contributed by atoms with E-state index >= 15 is 0 Å². The van der Waals surface area contributed by atoms with E-state index in [0.717, 1.165) is 5.56 Å². The van der Waals surface area contributed by atoms with Crippen LogP contribution in [0, 0.1) is 0 Å². The van der Waals surface area contributed by atoms with Crippen molar-refractivity contribution >= 4 is 22.4 Å². The topological polar surface area (TPSA) is 52.6 Å². The van der Waals surface area contributed by atoms with Crippen molar-refractivity contribution < 1.29 is 18.8 Å². The number of esters is 1. The van der Waals surface area contributed by atoms with Crippen molar-refractivity contribution in [2.45, 2.75) is 20.5 Å². The number of carbonyl (C=O) groups is 2. The van der Waals surface area contributed by atoms with Crippen LogP contribution in [-0.2, 0) is 25.4 Å². The van der Waals surface area contributed by atoms with E-state index in [1.54, 1.807) is 0 Å². The van der Waals surface area contributed by atoms with E-state index in [0.29, 0.717) is 17.1 Å². The summed E-state index contributed by atoms with van der Waals surface area (Å²) in [6, 6.07) is 9.60. The molecule has 1 rings (SSSR count). The average Bonchev–Trinajstić information content (AvgIpc) is 2.28. The van der Waals surface area contributed by atoms with Gasteiger partial charge in [-0.15, -0.1) is 0 Å². The van der Waals surface area contributed by atoms with E-state index < -0.39 is 0 Å². The number of hydrogen-bond acceptors (Lipinski definition) is 4. The molecule has 0 bridgehead atoms. The van der Waals surface area contributed by atoms with Gasteiger partial charge in [-0.2, -0.15) is 0 Å². The van der Waals surface area contributed by atoms with Gasteiger partial charge in [0.2, 0.25) is 10.5 Å². The van der Waals surface area contributed by atoms with Gasteiger partial charge in [0.15, 0.2) is 0 Å². The summed E-state index contributed by atoms with van der Waals surface area (Å²) in [6.45, 7) is 3.17. The average molecular weight is 240 g/mol. The third kappa shape index (κ3) is 8.95. The molecule has 0 amide bonds. The van der Waals surface area contributed by atoms with E-state index in [1.807, 2.05) is 30.3 Å². The summed E-state index contributed by atoms with van der Waals surface area (Å²) in [4.78, 5) is 20.0. The predicted octanol–water partition coefficient (Wildman–Crippen LogP) is 0.580. The summed E-state index contributed by atoms with van der Waals surface area (Å²) in [7, 11) is 0.524. The maximum atomic E-state index is 10.4. The van der Waals surface area contributed by atoms with Gasteiger partial charge in [-0.3, -0.25) is 9.59 Å². The molecule has 1 aromatic rings. The highest BCUT2D eigenvalue weighted by Crippen LogP contribution is 1.99. The molecule has 0 radical (unpaired) electrons. The smallest absolute Gasteiger partial charge is 0.302 e. The molecule has 16 heavy (non-hydrogen) atoms. The molecule has 0 aliphatic rings. The molecule has 0 saturated heterocycles. The van der Waals surface area contributed by atoms with E-state index in [2.05, 4.69) is 4.43 Å². The second kappa shape index (κ2) is 8.67. The third-order valence-corrected chi connectivity index (χ3v) is 2.15. The van der Waals surface area contributed by atoms with Crippen LogP contribution in [0.3, 0.4) is 0 Å². The molecule has 0 saturated carbocycles. The molecule has 1 aromatic carbocycles. The Bertz CT molecular complexity index is 324. The molecule has 0 N–H and O–H groups in total. The number of benzene rings is 1. The SMILES string of the molecule is CC(=O)OCc1ccccc1.CC(=O)O[SiH3]. The lowest BCUT2D eigenvalue weighted by Gasteiger charge is -1.99. The zero-order valence-electron chi connectivity index (χ0n) is 9.73. The van der Waals surface area contributed by atoms with Crippen molar-refractivity contribution in [2.24, 2.45) is 0 Å². The largest absolute Gasteiger partial charge is 0.529 e. The predicted molar refractivity (Wildman–Crippen MR) is 63.6 cm³/mol. The minimum absolute atomic E-state index is 0.184. The van der Waals surface area contributed by atoms with E-state index in [-0.39, 0.29) is 11.9 Å². The zero-order valence-corrected chi connectivity index (χ0v) is 11.7. The second-order valence-electron chi connectivity index (χ2n) is 2.96. The Hall–Kier alpha value is -1.62. The lowest BCUT2D eigenvalue weighted by molar-refractivity contribution is -0.142. The molecule has 4 nitrogen and oxygen atoms in total. The summed E-state index contributed by atoms with van der Waals surface area (Å²) in [5.41, 5.74) is 1.02. The fraction of sp³-hybridized carbons (Fsp3) is 0.273. The normalized spacial score (nSPS) is 8.62. The van der Waals surface area contributed by atoms with Gasteiger partial charge >= 0.3 is 5.97 Å². The van der Waals surface area contributed by atoms with Crippen molar-refractivity contribution in [2.75, 3.05) is 0 Å². The Labute approximate surface area is 98.1 Å². The first-order chi connectivity index (χ1) is 7.56. The van der Waals surface area contributed by atoms with Crippen LogP contribution < -0.4 is 0 Å². The third-order valence-electron chi connectivity index (χ3n) is 1.57. The number of ether oxygens (including phenoxy) is 1. The quantitative estimate of drug-likeness (QED) is 0.560. The number of hydrogen-bond donors (Lipinski definition) is 0. The van der Waals surface area contributed by atoms with Crippen LogP contribution in [0.1, 0.15) is 19.4 Å². The summed E-state index contributed by atoms with van der Waals surface area (Å²) < 4.78 is 9.04. The lowest BCUT2D eigenvalue weighted by Crippen LogP contribution is -1.97. The van der Waals surface area contributed by atoms with Gasteiger partial charge in [0.1, 0.15) is 6.61 Å². The van der Waals surface area contributed by atoms with Crippen LogP contribution >= 0.6 is 0 Å². The van der Waals surface area contributed by atoms with Crippen LogP contribution in [0.2, 0.25) is 0 Å². The van der Waals surface area contributed by atoms with Gasteiger partial charge in [-0.1, -0.05) is 30.3 Å². The van der Waals surface area contributed by atoms with E-state index in [4.69, 9.17) is 4.74 Å². The summed E-state index contributed by atoms with van der Waals surface area (Å²) >= 11 is 0. The first kappa shape index (κ1) is 14.4. The second-order valence-corrected chi connectivity index (χ2v) is 3.37. The van der Waals surface area contributed by atoms with Gasteiger partial charge in [-0.25, -0.2) is 0 Å². The van der Waals surface area contributed by atoms with Gasteiger partial charge < -0.3 is 9.16 Å². The molecular weight excluding hydrogens is 224 g/mol. The van der Waals surface area contributed by atoms with Gasteiger partial charge in [0.05, 0.1) is 0 Å². The molecule has 0 aromatic heterocycles. The first-order valence-electron chi connectivity index (χ1n) is 4.78. The summed E-state index contributed by atoms with van der Waals surface area (Å²) in [5, 5.41) is 0. The highest BCUT2D eigenvalue weighted by Gasteiger charge is 1.93. The minimum Gasteiger partial charge on any atom is -0.529 e. The minimum atomic E-state index is -0.242. The molecule has 0 atom stereocenters. The Morgan fingerprint density at radius 3 is 2.00 bits per heavy atom. The molecule has 0 aliphatic carbocycles. The first-order valence-corrected chi connectivity index (χ1v) is 5.59. The summed E-state index contributed by atoms with van der Waals surface area (Å²) in [5.74, 6) is -0.425. The maximum absolute atomic E-state index is 10.4. The van der Waals surface area contributed by atoms with Crippen LogP contribution in [-0.4, -0.2) is 22.4 Å². The zero-order chi connectivity index (χ0) is 12.4. The van der Waals surface area contributed by atoms with E-state index in [1.165, 1.54) is 13.8 Å². The van der Waals surface area contributed by atoms with E-state index in [9.17, 15) is 9.59 Å². The Balaban J connectivity index is 0.000000385. The van der Waals surface area contributed by atoms with Crippen molar-refractivity contribution in [3.05, 3.63) is 35.9 Å². The van der Waals surface area contributed by atoms with Crippen LogP contribution in [0.5, 0.6) is 0 Å². The van der Waals surface area contributed by atoms with Crippen molar-refractivity contribution in [1.82, 2.24) is 0 Å². The van der Waals surface area contributed by atoms with Crippen molar-refractivity contribution in [1.29, 1.82) is 0 Å². The van der Waals surface area contributed by atoms with Crippen LogP contribution in [0.15, 0.2) is 30.3 Å². The maximum Gasteiger partial charge on any atom is 0.302 e. The van der Waals surface area contributed by atoms with Gasteiger partial charge in [0.25, 0.3) is 5.97 Å². The fourth-order valence-electron chi connectivity index (χ4n) is 0.759. The molecule has 0 spiro atoms. The monoisotopic (exact) mass is 240 g/mol. The van der Waals surface area contributed by atoms with Gasteiger partial charge in [0, 0.05) is 13.8 Å². The Morgan fingerprint density at radius 2 is 1.62 bits per heavy atom. The molecule has 0 unspecified atom stereocenters. The molecule has 5 heteroatoms. The molecule has 88 valence electrons. The summed E-state index contributed by atoms with van der Waals surface area (Å²) in [6.07, 6.45) is 0. The number of carbonyl (C=O) groups excluding carboxylic acids is 2. The van der Waals surface area contributed by atoms with Crippen molar-refractivity contribution in [3.8, 4) is 0 Å². The van der Waals surface area contributed by atoms with Crippen molar-refractivity contribution in [3.63, 3.8) is 0 Å². The highest BCUT2D eigenvalue weighted by atomic mass is 28.2.